The molecule has 0 saturated heterocycles. The van der Waals surface area contributed by atoms with Crippen molar-refractivity contribution in [3.8, 4) is 0 Å². The van der Waals surface area contributed by atoms with Gasteiger partial charge in [-0.05, 0) is 122 Å². The van der Waals surface area contributed by atoms with Gasteiger partial charge < -0.3 is 0 Å². The summed E-state index contributed by atoms with van der Waals surface area (Å²) < 4.78 is 8.61. The second kappa shape index (κ2) is 27.6. The summed E-state index contributed by atoms with van der Waals surface area (Å²) >= 11 is 26.9. The first-order valence-electron chi connectivity index (χ1n) is 10.6. The van der Waals surface area contributed by atoms with E-state index >= 15 is 0 Å². The van der Waals surface area contributed by atoms with Crippen molar-refractivity contribution in [3.63, 3.8) is 0 Å². The molecule has 0 unspecified atom stereocenters. The summed E-state index contributed by atoms with van der Waals surface area (Å²) in [7, 11) is 1.75. The van der Waals surface area contributed by atoms with Gasteiger partial charge in [-0.1, -0.05) is 86.2 Å². The van der Waals surface area contributed by atoms with Gasteiger partial charge in [0.1, 0.15) is 27.6 Å². The third kappa shape index (κ3) is 21.5. The Morgan fingerprint density at radius 3 is 1.37 bits per heavy atom. The van der Waals surface area contributed by atoms with Crippen LogP contribution in [0.5, 0.6) is 0 Å². The Morgan fingerprint density at radius 2 is 1.24 bits per heavy atom. The van der Waals surface area contributed by atoms with Crippen LogP contribution in [0.2, 0.25) is 0 Å². The topological polar surface area (TPSA) is 109 Å². The van der Waals surface area contributed by atoms with Gasteiger partial charge in [-0.3, -0.25) is 24.5 Å². The Balaban J connectivity index is -0.000000409. The Kier molecular flexibility index (Phi) is 32.1. The van der Waals surface area contributed by atoms with Crippen LogP contribution in [0.1, 0.15) is 68.2 Å². The molecule has 0 amide bonds. The zero-order chi connectivity index (χ0) is 30.4. The highest BCUT2D eigenvalue weighted by atomic mass is 127. The number of aromatic nitrogens is 6. The van der Waals surface area contributed by atoms with Gasteiger partial charge in [-0.2, -0.15) is 15.3 Å². The van der Waals surface area contributed by atoms with Crippen LogP contribution >= 0.6 is 157 Å². The smallest absolute Gasteiger partial charge is 0.155 e. The molecule has 0 radical (unpaired) electrons. The molecule has 3 aromatic rings. The third-order valence-corrected chi connectivity index (χ3v) is 9.53. The van der Waals surface area contributed by atoms with Crippen molar-refractivity contribution in [1.82, 2.24) is 30.2 Å². The molecule has 0 bridgehead atoms. The summed E-state index contributed by atoms with van der Waals surface area (Å²) in [6.07, 6.45) is 4.03. The van der Waals surface area contributed by atoms with Gasteiger partial charge in [-0.15, -0.1) is 0 Å². The fraction of sp³-hybridized carbons (Fsp3) is 0.476. The minimum Gasteiger partial charge on any atom is -0.298 e. The number of alkyl halides is 2. The van der Waals surface area contributed by atoms with Crippen LogP contribution in [0.25, 0.3) is 0 Å². The molecule has 0 aliphatic heterocycles. The van der Waals surface area contributed by atoms with E-state index in [0.29, 0.717) is 29.5 Å². The molecule has 0 aliphatic rings. The van der Waals surface area contributed by atoms with Gasteiger partial charge in [0.05, 0.1) is 15.6 Å². The van der Waals surface area contributed by atoms with Crippen LogP contribution in [0.4, 0.5) is 0 Å². The number of carbonyl (C=O) groups excluding carboxylic acids is 2. The van der Waals surface area contributed by atoms with Crippen LogP contribution < -0.4 is 0 Å². The zero-order valence-corrected chi connectivity index (χ0v) is 36.8. The van der Waals surface area contributed by atoms with Crippen LogP contribution in [-0.2, 0) is 7.05 Å². The zero-order valence-electron chi connectivity index (χ0n) is 21.4. The largest absolute Gasteiger partial charge is 0.298 e. The molecule has 2 N–H and O–H groups in total. The summed E-state index contributed by atoms with van der Waals surface area (Å²) in [6, 6.07) is 0. The number of nitrogens with zero attached hydrogens (tertiary/aromatic N) is 4. The van der Waals surface area contributed by atoms with Gasteiger partial charge in [-0.25, -0.2) is 0 Å². The lowest BCUT2D eigenvalue weighted by Crippen LogP contribution is -1.89. The van der Waals surface area contributed by atoms with Crippen molar-refractivity contribution in [2.45, 2.75) is 51.4 Å². The lowest BCUT2D eigenvalue weighted by atomic mass is 10.4. The Bertz CT molecular complexity index is 1000. The second-order valence-electron chi connectivity index (χ2n) is 6.65. The Labute approximate surface area is 310 Å². The molecule has 3 aromatic heterocycles. The molecule has 0 saturated carbocycles. The highest BCUT2D eigenvalue weighted by Gasteiger charge is 2.09. The van der Waals surface area contributed by atoms with Crippen molar-refractivity contribution in [2.75, 3.05) is 4.43 Å². The number of hydrogen-bond acceptors (Lipinski definition) is 5. The van der Waals surface area contributed by atoms with Crippen molar-refractivity contribution in [2.24, 2.45) is 7.05 Å². The number of aldehydes is 2. The van der Waals surface area contributed by atoms with E-state index in [2.05, 4.69) is 217 Å². The molecule has 0 atom stereocenters. The van der Waals surface area contributed by atoms with Crippen LogP contribution in [0, 0.1) is 0 Å². The van der Waals surface area contributed by atoms with E-state index in [1.807, 2.05) is 0 Å². The maximum Gasteiger partial charge on any atom is 0.155 e. The number of nitrogens with one attached hydrogen (secondary N) is 2. The predicted octanol–water partition coefficient (Wildman–Crippen LogP) is 11.3. The molecule has 0 spiro atoms. The molecule has 3 rings (SSSR count). The quantitative estimate of drug-likeness (QED) is 0.154. The first-order valence-corrected chi connectivity index (χ1v) is 18.9. The van der Waals surface area contributed by atoms with Crippen molar-refractivity contribution >= 4 is 169 Å². The SMILES string of the molecule is Brc1n[nH]c(Br)c1Br.CC(C)I.CCC.CCCI.Cn1nc(Br)c(C=O)c1Br.O=Cc1c(Br)n[nH]c1Br. The Hall–Kier alpha value is 1.79. The van der Waals surface area contributed by atoms with Gasteiger partial charge in [0.25, 0.3) is 0 Å². The van der Waals surface area contributed by atoms with Crippen molar-refractivity contribution in [1.29, 1.82) is 0 Å². The van der Waals surface area contributed by atoms with Gasteiger partial charge in [0, 0.05) is 11.0 Å². The number of hydrogen-bond donors (Lipinski definition) is 2. The number of carbonyl (C=O) groups is 2. The molecule has 0 fully saturated rings. The van der Waals surface area contributed by atoms with E-state index in [4.69, 9.17) is 0 Å². The van der Waals surface area contributed by atoms with Crippen LogP contribution in [0.15, 0.2) is 32.1 Å². The van der Waals surface area contributed by atoms with Crippen molar-refractivity contribution < 1.29 is 9.59 Å². The maximum absolute atomic E-state index is 10.3. The first-order chi connectivity index (χ1) is 17.7. The molecule has 8 nitrogen and oxygen atoms in total. The third-order valence-electron chi connectivity index (χ3n) is 2.73. The fourth-order valence-electron chi connectivity index (χ4n) is 1.28. The average Bonchev–Trinajstić information content (AvgIpc) is 3.43. The number of aromatic amines is 2. The number of halogens is 9. The molecular weight excluding hydrogens is 1180 g/mol. The highest BCUT2D eigenvalue weighted by molar-refractivity contribution is 14.1. The summed E-state index contributed by atoms with van der Waals surface area (Å²) in [5, 5.41) is 16.7. The van der Waals surface area contributed by atoms with E-state index < -0.39 is 0 Å². The van der Waals surface area contributed by atoms with Crippen LogP contribution in [0.3, 0.4) is 0 Å². The number of H-pyrrole nitrogens is 2. The lowest BCUT2D eigenvalue weighted by molar-refractivity contribution is 0.111. The highest BCUT2D eigenvalue weighted by Crippen LogP contribution is 2.27. The van der Waals surface area contributed by atoms with E-state index in [1.54, 1.807) is 11.7 Å². The van der Waals surface area contributed by atoms with Crippen molar-refractivity contribution in [3.05, 3.63) is 43.2 Å². The van der Waals surface area contributed by atoms with E-state index in [9.17, 15) is 9.59 Å². The monoisotopic (exact) mass is 1200 g/mol. The summed E-state index contributed by atoms with van der Waals surface area (Å²) in [5.74, 6) is 0. The normalized spacial score (nSPS) is 9.16. The maximum atomic E-state index is 10.3. The minimum atomic E-state index is 0.509. The fourth-order valence-corrected chi connectivity index (χ4v) is 4.45. The number of rotatable bonds is 3. The summed E-state index contributed by atoms with van der Waals surface area (Å²) in [6.45, 7) is 10.7. The summed E-state index contributed by atoms with van der Waals surface area (Å²) in [5.41, 5.74) is 1.05. The lowest BCUT2D eigenvalue weighted by Gasteiger charge is -1.87. The molecule has 3 heterocycles. The van der Waals surface area contributed by atoms with Gasteiger partial charge in [0.15, 0.2) is 12.6 Å². The number of aryl methyl sites for hydroxylation is 1. The molecule has 38 heavy (non-hydrogen) atoms. The average molecular weight is 1210 g/mol. The molecular formula is C21H29Br7I2N6O2. The van der Waals surface area contributed by atoms with Crippen LogP contribution in [-0.4, -0.2) is 51.1 Å². The molecule has 0 aliphatic carbocycles. The van der Waals surface area contributed by atoms with E-state index in [1.165, 1.54) is 17.3 Å². The van der Waals surface area contributed by atoms with Gasteiger partial charge in [0.2, 0.25) is 0 Å². The molecule has 0 aromatic carbocycles. The van der Waals surface area contributed by atoms with E-state index in [0.717, 1.165) is 30.2 Å². The summed E-state index contributed by atoms with van der Waals surface area (Å²) in [4.78, 5) is 20.5. The second-order valence-corrected chi connectivity index (χ2v) is 15.6. The minimum absolute atomic E-state index is 0.509. The van der Waals surface area contributed by atoms with Gasteiger partial charge >= 0.3 is 0 Å². The van der Waals surface area contributed by atoms with E-state index in [-0.39, 0.29) is 0 Å². The molecule has 218 valence electrons. The first kappa shape index (κ1) is 44.2. The predicted molar refractivity (Wildman–Crippen MR) is 199 cm³/mol. The Morgan fingerprint density at radius 1 is 0.842 bits per heavy atom. The molecule has 17 heteroatoms. The standard InChI is InChI=1S/C5H4Br2N2O.C4H2Br2N2O.C3HBr3N2.2C3H7I.C3H8/c1-9-5(7)3(2-10)4(6)8-9;5-3-2(1-9)4(6)8-7-3;4-1-2(5)7-8-3(1)6;1-3(2)4;1-2-3-4;1-3-2/h2H,1H3;1H,(H,7,8);(H,7,8);3H,1-2H3;2-3H2,1H3;3H2,1-2H3.